The smallest absolute Gasteiger partial charge is 0.241 e. The summed E-state index contributed by atoms with van der Waals surface area (Å²) in [6.07, 6.45) is 4.14. The van der Waals surface area contributed by atoms with Gasteiger partial charge in [-0.3, -0.25) is 9.48 Å². The number of nitrogens with zero attached hydrogens (tertiary/aromatic N) is 4. The molecule has 0 unspecified atom stereocenters. The lowest BCUT2D eigenvalue weighted by Gasteiger charge is -2.06. The van der Waals surface area contributed by atoms with Crippen molar-refractivity contribution in [2.24, 2.45) is 0 Å². The average molecular weight is 346 g/mol. The molecule has 1 amide bonds. The van der Waals surface area contributed by atoms with Crippen LogP contribution in [0.15, 0.2) is 23.8 Å². The Kier molecular flexibility index (Phi) is 5.02. The highest BCUT2D eigenvalue weighted by molar-refractivity contribution is 7.16. The molecule has 9 heteroatoms. The first-order valence-corrected chi connectivity index (χ1v) is 8.48. The summed E-state index contributed by atoms with van der Waals surface area (Å²) in [6.45, 7) is 2.27. The molecule has 24 heavy (non-hydrogen) atoms. The third-order valence-corrected chi connectivity index (χ3v) is 4.13. The van der Waals surface area contributed by atoms with Gasteiger partial charge in [0.15, 0.2) is 0 Å². The number of aliphatic hydroxyl groups excluding tert-OH is 1. The van der Waals surface area contributed by atoms with E-state index >= 15 is 0 Å². The second kappa shape index (κ2) is 7.37. The van der Waals surface area contributed by atoms with Crippen LogP contribution in [0.4, 0.5) is 11.5 Å². The molecular formula is C15H18N6O2S. The molecule has 0 aliphatic heterocycles. The molecule has 0 bridgehead atoms. The number of carbonyl (C=O) groups is 1. The third kappa shape index (κ3) is 3.69. The van der Waals surface area contributed by atoms with Gasteiger partial charge < -0.3 is 15.7 Å². The number of aliphatic hydroxyl groups is 1. The highest BCUT2D eigenvalue weighted by atomic mass is 32.1. The van der Waals surface area contributed by atoms with Gasteiger partial charge in [-0.25, -0.2) is 9.97 Å². The van der Waals surface area contributed by atoms with Gasteiger partial charge in [-0.1, -0.05) is 6.92 Å². The number of aromatic nitrogens is 4. The van der Waals surface area contributed by atoms with Crippen LogP contribution >= 0.6 is 11.3 Å². The van der Waals surface area contributed by atoms with E-state index < -0.39 is 0 Å². The Balaban J connectivity index is 1.75. The van der Waals surface area contributed by atoms with E-state index in [4.69, 9.17) is 5.11 Å². The molecule has 0 spiro atoms. The van der Waals surface area contributed by atoms with E-state index in [1.807, 2.05) is 18.4 Å². The molecule has 8 nitrogen and oxygen atoms in total. The van der Waals surface area contributed by atoms with Crippen molar-refractivity contribution >= 4 is 39.0 Å². The summed E-state index contributed by atoms with van der Waals surface area (Å²) < 4.78 is 1.53. The van der Waals surface area contributed by atoms with Crippen LogP contribution in [-0.2, 0) is 17.8 Å². The second-order valence-corrected chi connectivity index (χ2v) is 6.00. The number of rotatable bonds is 7. The summed E-state index contributed by atoms with van der Waals surface area (Å²) in [5.41, 5.74) is 0.748. The van der Waals surface area contributed by atoms with Crippen LogP contribution in [0.5, 0.6) is 0 Å². The standard InChI is InChI=1S/C15H18N6O2S/c1-2-12-19-14(11-3-6-24-15(11)20-12)18-10-7-17-21(8-10)9-13(23)16-4-5-22/h3,6-8,22H,2,4-5,9H2,1H3,(H,16,23)(H,18,19,20). The molecule has 0 aliphatic rings. The Morgan fingerprint density at radius 2 is 2.29 bits per heavy atom. The van der Waals surface area contributed by atoms with E-state index in [0.717, 1.165) is 34.0 Å². The van der Waals surface area contributed by atoms with E-state index in [0.29, 0.717) is 0 Å². The van der Waals surface area contributed by atoms with Crippen molar-refractivity contribution in [3.8, 4) is 0 Å². The van der Waals surface area contributed by atoms with Crippen molar-refractivity contribution in [2.75, 3.05) is 18.5 Å². The van der Waals surface area contributed by atoms with Crippen molar-refractivity contribution in [3.05, 3.63) is 29.7 Å². The van der Waals surface area contributed by atoms with Gasteiger partial charge in [0.05, 0.1) is 23.9 Å². The van der Waals surface area contributed by atoms with E-state index in [9.17, 15) is 4.79 Å². The van der Waals surface area contributed by atoms with Gasteiger partial charge in [0.25, 0.3) is 0 Å². The molecule has 0 atom stereocenters. The Bertz CT molecular complexity index is 843. The molecule has 0 saturated carbocycles. The molecule has 126 valence electrons. The van der Waals surface area contributed by atoms with Crippen LogP contribution in [0.1, 0.15) is 12.7 Å². The maximum absolute atomic E-state index is 11.6. The highest BCUT2D eigenvalue weighted by Crippen LogP contribution is 2.27. The molecule has 3 rings (SSSR count). The van der Waals surface area contributed by atoms with Crippen LogP contribution in [0.2, 0.25) is 0 Å². The third-order valence-electron chi connectivity index (χ3n) is 3.32. The van der Waals surface area contributed by atoms with Gasteiger partial charge >= 0.3 is 0 Å². The molecule has 0 saturated heterocycles. The molecule has 0 aromatic carbocycles. The predicted octanol–water partition coefficient (Wildman–Crippen LogP) is 1.30. The summed E-state index contributed by atoms with van der Waals surface area (Å²) in [6, 6.07) is 1.98. The van der Waals surface area contributed by atoms with Crippen LogP contribution in [0.3, 0.4) is 0 Å². The Morgan fingerprint density at radius 3 is 3.08 bits per heavy atom. The van der Waals surface area contributed by atoms with Crippen LogP contribution in [0, 0.1) is 0 Å². The summed E-state index contributed by atoms with van der Waals surface area (Å²) in [5.74, 6) is 1.32. The molecule has 3 heterocycles. The van der Waals surface area contributed by atoms with Gasteiger partial charge in [0.2, 0.25) is 5.91 Å². The molecule has 3 aromatic heterocycles. The molecule has 3 aromatic rings. The Hall–Kier alpha value is -2.52. The van der Waals surface area contributed by atoms with Crippen LogP contribution < -0.4 is 10.6 Å². The number of amides is 1. The zero-order valence-corrected chi connectivity index (χ0v) is 14.0. The minimum absolute atomic E-state index is 0.0816. The van der Waals surface area contributed by atoms with Gasteiger partial charge in [0, 0.05) is 19.2 Å². The van der Waals surface area contributed by atoms with Gasteiger partial charge in [-0.15, -0.1) is 11.3 Å². The number of fused-ring (bicyclic) bond motifs is 1. The number of hydrogen-bond donors (Lipinski definition) is 3. The Labute approximate surface area is 142 Å². The highest BCUT2D eigenvalue weighted by Gasteiger charge is 2.10. The molecule has 0 fully saturated rings. The van der Waals surface area contributed by atoms with E-state index in [-0.39, 0.29) is 25.6 Å². The van der Waals surface area contributed by atoms with Crippen molar-refractivity contribution in [3.63, 3.8) is 0 Å². The first kappa shape index (κ1) is 16.3. The zero-order valence-electron chi connectivity index (χ0n) is 13.2. The zero-order chi connectivity index (χ0) is 16.9. The lowest BCUT2D eigenvalue weighted by atomic mass is 10.3. The SMILES string of the molecule is CCc1nc(Nc2cnn(CC(=O)NCCO)c2)c2ccsc2n1. The van der Waals surface area contributed by atoms with Crippen LogP contribution in [-0.4, -0.2) is 43.9 Å². The monoisotopic (exact) mass is 346 g/mol. The topological polar surface area (TPSA) is 105 Å². The van der Waals surface area contributed by atoms with E-state index in [1.54, 1.807) is 23.7 Å². The number of anilines is 2. The van der Waals surface area contributed by atoms with Crippen molar-refractivity contribution < 1.29 is 9.90 Å². The van der Waals surface area contributed by atoms with Gasteiger partial charge in [0.1, 0.15) is 23.0 Å². The van der Waals surface area contributed by atoms with Crippen molar-refractivity contribution in [1.29, 1.82) is 0 Å². The maximum Gasteiger partial charge on any atom is 0.241 e. The van der Waals surface area contributed by atoms with Crippen molar-refractivity contribution in [2.45, 2.75) is 19.9 Å². The summed E-state index contributed by atoms with van der Waals surface area (Å²) in [5, 5.41) is 21.6. The molecule has 0 radical (unpaired) electrons. The maximum atomic E-state index is 11.6. The fourth-order valence-electron chi connectivity index (χ4n) is 2.20. The number of nitrogens with one attached hydrogen (secondary N) is 2. The summed E-state index contributed by atoms with van der Waals surface area (Å²) in [7, 11) is 0. The predicted molar refractivity (Wildman–Crippen MR) is 92.4 cm³/mol. The lowest BCUT2D eigenvalue weighted by molar-refractivity contribution is -0.122. The van der Waals surface area contributed by atoms with Crippen molar-refractivity contribution in [1.82, 2.24) is 25.1 Å². The van der Waals surface area contributed by atoms with Gasteiger partial charge in [-0.05, 0) is 11.4 Å². The number of carbonyl (C=O) groups excluding carboxylic acids is 1. The average Bonchev–Trinajstić information content (AvgIpc) is 3.22. The minimum Gasteiger partial charge on any atom is -0.395 e. The Morgan fingerprint density at radius 1 is 1.42 bits per heavy atom. The first-order chi connectivity index (χ1) is 11.7. The normalized spacial score (nSPS) is 10.9. The molecule has 3 N–H and O–H groups in total. The molecular weight excluding hydrogens is 328 g/mol. The minimum atomic E-state index is -0.200. The number of thiophene rings is 1. The van der Waals surface area contributed by atoms with Crippen LogP contribution in [0.25, 0.3) is 10.2 Å². The van der Waals surface area contributed by atoms with E-state index in [1.165, 1.54) is 4.68 Å². The largest absolute Gasteiger partial charge is 0.395 e. The molecule has 0 aliphatic carbocycles. The van der Waals surface area contributed by atoms with E-state index in [2.05, 4.69) is 25.7 Å². The first-order valence-electron chi connectivity index (χ1n) is 7.60. The van der Waals surface area contributed by atoms with Gasteiger partial charge in [-0.2, -0.15) is 5.10 Å². The second-order valence-electron chi connectivity index (χ2n) is 5.11. The quantitative estimate of drug-likeness (QED) is 0.596. The fourth-order valence-corrected chi connectivity index (χ4v) is 2.99. The number of aryl methyl sites for hydroxylation is 1. The number of hydrogen-bond acceptors (Lipinski definition) is 7. The summed E-state index contributed by atoms with van der Waals surface area (Å²) >= 11 is 1.58. The summed E-state index contributed by atoms with van der Waals surface area (Å²) in [4.78, 5) is 21.6. The lowest BCUT2D eigenvalue weighted by Crippen LogP contribution is -2.30. The fraction of sp³-hybridized carbons (Fsp3) is 0.333.